The molecule has 1 amide bonds. The lowest BCUT2D eigenvalue weighted by Crippen LogP contribution is -2.15. The standard InChI is InChI=1S/C17H12BrClFN3O/c1-10-8-16(23(22-10)13-5-3-12(20)4-6-13)21-17(24)14-9-11(18)2-7-15(14)19/h2-9H,1H3,(H,21,24). The van der Waals surface area contributed by atoms with Gasteiger partial charge in [0, 0.05) is 10.5 Å². The topological polar surface area (TPSA) is 46.9 Å². The van der Waals surface area contributed by atoms with Crippen LogP contribution in [0, 0.1) is 12.7 Å². The van der Waals surface area contributed by atoms with Crippen molar-refractivity contribution in [2.24, 2.45) is 0 Å². The third kappa shape index (κ3) is 3.49. The van der Waals surface area contributed by atoms with E-state index in [0.29, 0.717) is 22.1 Å². The number of carbonyl (C=O) groups is 1. The van der Waals surface area contributed by atoms with Gasteiger partial charge in [0.25, 0.3) is 5.91 Å². The predicted molar refractivity (Wildman–Crippen MR) is 95.4 cm³/mol. The van der Waals surface area contributed by atoms with Gasteiger partial charge in [-0.25, -0.2) is 9.07 Å². The molecule has 24 heavy (non-hydrogen) atoms. The molecule has 0 aliphatic carbocycles. The Kier molecular flexibility index (Phi) is 4.69. The summed E-state index contributed by atoms with van der Waals surface area (Å²) in [5, 5.41) is 7.47. The summed E-state index contributed by atoms with van der Waals surface area (Å²) in [7, 11) is 0. The van der Waals surface area contributed by atoms with Crippen molar-refractivity contribution in [2.45, 2.75) is 6.92 Å². The predicted octanol–water partition coefficient (Wildman–Crippen LogP) is 4.99. The first-order valence-corrected chi connectivity index (χ1v) is 8.20. The van der Waals surface area contributed by atoms with Crippen LogP contribution in [0.25, 0.3) is 5.69 Å². The minimum absolute atomic E-state index is 0.339. The molecule has 0 atom stereocenters. The smallest absolute Gasteiger partial charge is 0.258 e. The average molecular weight is 409 g/mol. The van der Waals surface area contributed by atoms with Gasteiger partial charge < -0.3 is 5.32 Å². The fourth-order valence-electron chi connectivity index (χ4n) is 2.22. The second-order valence-corrected chi connectivity index (χ2v) is 6.46. The number of aromatic nitrogens is 2. The molecule has 122 valence electrons. The molecular weight excluding hydrogens is 397 g/mol. The Hall–Kier alpha value is -2.18. The molecule has 0 saturated heterocycles. The Labute approximate surface area is 151 Å². The molecule has 4 nitrogen and oxygen atoms in total. The number of nitrogens with zero attached hydrogens (tertiary/aromatic N) is 2. The zero-order valence-electron chi connectivity index (χ0n) is 12.6. The molecule has 3 rings (SSSR count). The van der Waals surface area contributed by atoms with Gasteiger partial charge in [-0.15, -0.1) is 0 Å². The van der Waals surface area contributed by atoms with Gasteiger partial charge in [0.1, 0.15) is 11.6 Å². The van der Waals surface area contributed by atoms with E-state index >= 15 is 0 Å². The number of carbonyl (C=O) groups excluding carboxylic acids is 1. The van der Waals surface area contributed by atoms with Crippen molar-refractivity contribution in [3.05, 3.63) is 75.1 Å². The second kappa shape index (κ2) is 6.75. The second-order valence-electron chi connectivity index (χ2n) is 5.14. The third-order valence-corrected chi connectivity index (χ3v) is 4.14. The van der Waals surface area contributed by atoms with E-state index in [1.165, 1.54) is 12.1 Å². The number of amides is 1. The van der Waals surface area contributed by atoms with Crippen LogP contribution in [-0.2, 0) is 0 Å². The summed E-state index contributed by atoms with van der Waals surface area (Å²) in [6.07, 6.45) is 0. The summed E-state index contributed by atoms with van der Waals surface area (Å²) in [4.78, 5) is 12.5. The molecule has 2 aromatic carbocycles. The van der Waals surface area contributed by atoms with Crippen LogP contribution in [0.2, 0.25) is 5.02 Å². The van der Waals surface area contributed by atoms with Crippen molar-refractivity contribution in [2.75, 3.05) is 5.32 Å². The zero-order valence-corrected chi connectivity index (χ0v) is 14.9. The van der Waals surface area contributed by atoms with Gasteiger partial charge in [0.2, 0.25) is 0 Å². The molecular formula is C17H12BrClFN3O. The molecule has 1 heterocycles. The highest BCUT2D eigenvalue weighted by Gasteiger charge is 2.15. The van der Waals surface area contributed by atoms with Crippen LogP contribution < -0.4 is 5.32 Å². The van der Waals surface area contributed by atoms with Crippen LogP contribution in [0.5, 0.6) is 0 Å². The fraction of sp³-hybridized carbons (Fsp3) is 0.0588. The van der Waals surface area contributed by atoms with Crippen molar-refractivity contribution in [1.29, 1.82) is 0 Å². The molecule has 1 N–H and O–H groups in total. The van der Waals surface area contributed by atoms with E-state index in [4.69, 9.17) is 11.6 Å². The summed E-state index contributed by atoms with van der Waals surface area (Å²) < 4.78 is 15.4. The van der Waals surface area contributed by atoms with Crippen molar-refractivity contribution < 1.29 is 9.18 Å². The summed E-state index contributed by atoms with van der Waals surface area (Å²) in [5.74, 6) is -0.223. The van der Waals surface area contributed by atoms with Crippen LogP contribution >= 0.6 is 27.5 Å². The van der Waals surface area contributed by atoms with Gasteiger partial charge in [-0.3, -0.25) is 4.79 Å². The number of hydrogen-bond acceptors (Lipinski definition) is 2. The first kappa shape index (κ1) is 16.7. The van der Waals surface area contributed by atoms with Crippen LogP contribution in [-0.4, -0.2) is 15.7 Å². The molecule has 0 aliphatic heterocycles. The van der Waals surface area contributed by atoms with Crippen LogP contribution in [0.3, 0.4) is 0 Å². The minimum Gasteiger partial charge on any atom is -0.306 e. The first-order valence-electron chi connectivity index (χ1n) is 7.03. The number of hydrogen-bond donors (Lipinski definition) is 1. The lowest BCUT2D eigenvalue weighted by molar-refractivity contribution is 0.102. The van der Waals surface area contributed by atoms with Crippen LogP contribution in [0.4, 0.5) is 10.2 Å². The number of anilines is 1. The van der Waals surface area contributed by atoms with Crippen LogP contribution in [0.1, 0.15) is 16.1 Å². The zero-order chi connectivity index (χ0) is 17.3. The summed E-state index contributed by atoms with van der Waals surface area (Å²) in [6, 6.07) is 12.6. The molecule has 3 aromatic rings. The van der Waals surface area contributed by atoms with E-state index in [2.05, 4.69) is 26.3 Å². The molecule has 0 bridgehead atoms. The average Bonchev–Trinajstić information content (AvgIpc) is 2.91. The van der Waals surface area contributed by atoms with Crippen molar-refractivity contribution in [1.82, 2.24) is 9.78 Å². The van der Waals surface area contributed by atoms with Crippen molar-refractivity contribution >= 4 is 39.3 Å². The highest BCUT2D eigenvalue weighted by atomic mass is 79.9. The molecule has 0 unspecified atom stereocenters. The number of halogens is 3. The van der Waals surface area contributed by atoms with Gasteiger partial charge in [-0.05, 0) is 49.4 Å². The van der Waals surface area contributed by atoms with E-state index < -0.39 is 0 Å². The van der Waals surface area contributed by atoms with Gasteiger partial charge in [0.05, 0.1) is 22.0 Å². The quantitative estimate of drug-likeness (QED) is 0.664. The lowest BCUT2D eigenvalue weighted by Gasteiger charge is -2.10. The van der Waals surface area contributed by atoms with Gasteiger partial charge in [-0.1, -0.05) is 27.5 Å². The van der Waals surface area contributed by atoms with Gasteiger partial charge in [0.15, 0.2) is 0 Å². The van der Waals surface area contributed by atoms with E-state index in [1.807, 2.05) is 6.92 Å². The molecule has 0 aliphatic rings. The normalized spacial score (nSPS) is 10.7. The highest BCUT2D eigenvalue weighted by Crippen LogP contribution is 2.23. The summed E-state index contributed by atoms with van der Waals surface area (Å²) in [5.41, 5.74) is 1.70. The SMILES string of the molecule is Cc1cc(NC(=O)c2cc(Br)ccc2Cl)n(-c2ccc(F)cc2)n1. The number of aryl methyl sites for hydroxylation is 1. The maximum absolute atomic E-state index is 13.1. The van der Waals surface area contributed by atoms with E-state index in [-0.39, 0.29) is 11.7 Å². The lowest BCUT2D eigenvalue weighted by atomic mass is 10.2. The van der Waals surface area contributed by atoms with Crippen molar-refractivity contribution in [3.8, 4) is 5.69 Å². The molecule has 0 saturated carbocycles. The summed E-state index contributed by atoms with van der Waals surface area (Å²) in [6.45, 7) is 1.81. The Morgan fingerprint density at radius 3 is 2.62 bits per heavy atom. The Morgan fingerprint density at radius 2 is 1.92 bits per heavy atom. The highest BCUT2D eigenvalue weighted by molar-refractivity contribution is 9.10. The molecule has 7 heteroatoms. The van der Waals surface area contributed by atoms with E-state index in [9.17, 15) is 9.18 Å². The van der Waals surface area contributed by atoms with Crippen LogP contribution in [0.15, 0.2) is 53.0 Å². The molecule has 0 spiro atoms. The Balaban J connectivity index is 1.94. The molecule has 0 radical (unpaired) electrons. The molecule has 0 fully saturated rings. The van der Waals surface area contributed by atoms with E-state index in [0.717, 1.165) is 10.2 Å². The van der Waals surface area contributed by atoms with Crippen molar-refractivity contribution in [3.63, 3.8) is 0 Å². The Morgan fingerprint density at radius 1 is 1.21 bits per heavy atom. The number of rotatable bonds is 3. The maximum Gasteiger partial charge on any atom is 0.258 e. The van der Waals surface area contributed by atoms with Gasteiger partial charge >= 0.3 is 0 Å². The number of benzene rings is 2. The van der Waals surface area contributed by atoms with Gasteiger partial charge in [-0.2, -0.15) is 5.10 Å². The fourth-order valence-corrected chi connectivity index (χ4v) is 2.79. The summed E-state index contributed by atoms with van der Waals surface area (Å²) >= 11 is 9.41. The minimum atomic E-state index is -0.357. The monoisotopic (exact) mass is 407 g/mol. The Bertz CT molecular complexity index is 909. The van der Waals surface area contributed by atoms with E-state index in [1.54, 1.807) is 41.1 Å². The third-order valence-electron chi connectivity index (χ3n) is 3.32. The first-order chi connectivity index (χ1) is 11.4. The largest absolute Gasteiger partial charge is 0.306 e. The molecule has 1 aromatic heterocycles. The maximum atomic E-state index is 13.1. The number of nitrogens with one attached hydrogen (secondary N) is 1.